The molecule has 0 aliphatic carbocycles. The van der Waals surface area contributed by atoms with Gasteiger partial charge in [-0.2, -0.15) is 0 Å². The molecule has 1 aliphatic rings. The highest BCUT2D eigenvalue weighted by atomic mass is 79.9. The number of hydrogen-bond acceptors (Lipinski definition) is 4. The van der Waals surface area contributed by atoms with Gasteiger partial charge in [0.05, 0.1) is 16.3 Å². The van der Waals surface area contributed by atoms with Crippen LogP contribution in [0.15, 0.2) is 22.7 Å². The Morgan fingerprint density at radius 2 is 2.00 bits per heavy atom. The molecular formula is C13H18BrN3O3S. The molecule has 1 amide bonds. The molecule has 1 saturated heterocycles. The minimum Gasteiger partial charge on any atom is -0.398 e. The number of benzene rings is 1. The molecular weight excluding hydrogens is 358 g/mol. The average Bonchev–Trinajstić information content (AvgIpc) is 2.40. The molecule has 0 atom stereocenters. The van der Waals surface area contributed by atoms with Crippen molar-refractivity contribution in [1.82, 2.24) is 9.62 Å². The molecule has 8 heteroatoms. The summed E-state index contributed by atoms with van der Waals surface area (Å²) < 4.78 is 25.6. The second-order valence-electron chi connectivity index (χ2n) is 5.17. The Hall–Kier alpha value is -1.12. The molecule has 21 heavy (non-hydrogen) atoms. The number of nitrogens with one attached hydrogen (secondary N) is 1. The smallest absolute Gasteiger partial charge is 0.255 e. The van der Waals surface area contributed by atoms with Gasteiger partial charge in [-0.15, -0.1) is 0 Å². The van der Waals surface area contributed by atoms with Gasteiger partial charge in [-0.05, 0) is 40.9 Å². The van der Waals surface area contributed by atoms with Crippen molar-refractivity contribution >= 4 is 37.5 Å². The van der Waals surface area contributed by atoms with Crippen LogP contribution in [0.3, 0.4) is 0 Å². The topological polar surface area (TPSA) is 92.5 Å². The van der Waals surface area contributed by atoms with Crippen LogP contribution in [-0.2, 0) is 10.0 Å². The number of likely N-dealkylation sites (tertiary alicyclic amines) is 1. The quantitative estimate of drug-likeness (QED) is 0.775. The standard InChI is InChI=1S/C13H18BrN3O3S/c1-21(19,20)16-9-5-7-17(8-6-9)13(18)10-3-2-4-11(15)12(10)14/h2-4,9,16H,5-8,15H2,1H3. The van der Waals surface area contributed by atoms with Gasteiger partial charge in [0.1, 0.15) is 0 Å². The van der Waals surface area contributed by atoms with Crippen LogP contribution >= 0.6 is 15.9 Å². The van der Waals surface area contributed by atoms with Crippen LogP contribution in [0.5, 0.6) is 0 Å². The Balaban J connectivity index is 2.02. The van der Waals surface area contributed by atoms with E-state index in [1.165, 1.54) is 0 Å². The second-order valence-corrected chi connectivity index (χ2v) is 7.74. The third-order valence-electron chi connectivity index (χ3n) is 3.42. The number of anilines is 1. The lowest BCUT2D eigenvalue weighted by Gasteiger charge is -2.32. The average molecular weight is 376 g/mol. The SMILES string of the molecule is CS(=O)(=O)NC1CCN(C(=O)c2cccc(N)c2Br)CC1. The highest BCUT2D eigenvalue weighted by molar-refractivity contribution is 9.10. The fourth-order valence-corrected chi connectivity index (χ4v) is 3.66. The normalized spacial score (nSPS) is 17.0. The van der Waals surface area contributed by atoms with Gasteiger partial charge in [0, 0.05) is 24.8 Å². The number of halogens is 1. The van der Waals surface area contributed by atoms with Crippen molar-refractivity contribution < 1.29 is 13.2 Å². The van der Waals surface area contributed by atoms with E-state index in [9.17, 15) is 13.2 Å². The van der Waals surface area contributed by atoms with Gasteiger partial charge < -0.3 is 10.6 Å². The van der Waals surface area contributed by atoms with Crippen molar-refractivity contribution in [2.24, 2.45) is 0 Å². The molecule has 0 aromatic heterocycles. The number of amides is 1. The van der Waals surface area contributed by atoms with Crippen LogP contribution in [0.2, 0.25) is 0 Å². The van der Waals surface area contributed by atoms with Gasteiger partial charge in [-0.3, -0.25) is 4.79 Å². The highest BCUT2D eigenvalue weighted by Crippen LogP contribution is 2.26. The largest absolute Gasteiger partial charge is 0.398 e. The summed E-state index contributed by atoms with van der Waals surface area (Å²) in [6.45, 7) is 1.04. The maximum atomic E-state index is 12.5. The van der Waals surface area contributed by atoms with Gasteiger partial charge >= 0.3 is 0 Å². The summed E-state index contributed by atoms with van der Waals surface area (Å²) in [5.74, 6) is -0.0908. The molecule has 0 unspecified atom stereocenters. The fraction of sp³-hybridized carbons (Fsp3) is 0.462. The number of hydrogen-bond donors (Lipinski definition) is 2. The second kappa shape index (κ2) is 6.33. The van der Waals surface area contributed by atoms with Crippen LogP contribution < -0.4 is 10.5 Å². The van der Waals surface area contributed by atoms with Crippen molar-refractivity contribution in [3.05, 3.63) is 28.2 Å². The zero-order chi connectivity index (χ0) is 15.6. The van der Waals surface area contributed by atoms with E-state index in [4.69, 9.17) is 5.73 Å². The molecule has 0 spiro atoms. The molecule has 1 heterocycles. The van der Waals surface area contributed by atoms with Gasteiger partial charge in [0.15, 0.2) is 0 Å². The monoisotopic (exact) mass is 375 g/mol. The van der Waals surface area contributed by atoms with Crippen LogP contribution in [0.1, 0.15) is 23.2 Å². The molecule has 1 aliphatic heterocycles. The molecule has 6 nitrogen and oxygen atoms in total. The van der Waals surface area contributed by atoms with E-state index in [1.54, 1.807) is 23.1 Å². The van der Waals surface area contributed by atoms with E-state index in [0.29, 0.717) is 41.7 Å². The lowest BCUT2D eigenvalue weighted by molar-refractivity contribution is 0.0710. The summed E-state index contributed by atoms with van der Waals surface area (Å²) in [6, 6.07) is 5.09. The van der Waals surface area contributed by atoms with E-state index in [0.717, 1.165) is 6.26 Å². The number of carbonyl (C=O) groups excluding carboxylic acids is 1. The summed E-state index contributed by atoms with van der Waals surface area (Å²) in [7, 11) is -3.20. The maximum absolute atomic E-state index is 12.5. The lowest BCUT2D eigenvalue weighted by atomic mass is 10.0. The first kappa shape index (κ1) is 16.3. The Labute approximate surface area is 132 Å². The maximum Gasteiger partial charge on any atom is 0.255 e. The highest BCUT2D eigenvalue weighted by Gasteiger charge is 2.26. The third-order valence-corrected chi connectivity index (χ3v) is 5.07. The van der Waals surface area contributed by atoms with E-state index in [2.05, 4.69) is 20.7 Å². The Bertz CT molecular complexity index is 640. The number of nitrogen functional groups attached to an aromatic ring is 1. The number of rotatable bonds is 3. The van der Waals surface area contributed by atoms with E-state index in [-0.39, 0.29) is 11.9 Å². The third kappa shape index (κ3) is 4.18. The van der Waals surface area contributed by atoms with Gasteiger partial charge in [0.25, 0.3) is 5.91 Å². The van der Waals surface area contributed by atoms with Gasteiger partial charge in [-0.25, -0.2) is 13.1 Å². The Morgan fingerprint density at radius 3 is 2.57 bits per heavy atom. The first-order valence-electron chi connectivity index (χ1n) is 6.58. The van der Waals surface area contributed by atoms with Crippen molar-refractivity contribution in [2.45, 2.75) is 18.9 Å². The summed E-state index contributed by atoms with van der Waals surface area (Å²) in [4.78, 5) is 14.2. The molecule has 1 fully saturated rings. The van der Waals surface area contributed by atoms with Crippen LogP contribution in [0, 0.1) is 0 Å². The molecule has 0 radical (unpaired) electrons. The number of carbonyl (C=O) groups is 1. The van der Waals surface area contributed by atoms with Crippen LogP contribution in [0.4, 0.5) is 5.69 Å². The number of piperidine rings is 1. The first-order chi connectivity index (χ1) is 9.78. The zero-order valence-electron chi connectivity index (χ0n) is 11.7. The summed E-state index contributed by atoms with van der Waals surface area (Å²) in [6.07, 6.45) is 2.37. The molecule has 0 bridgehead atoms. The minimum absolute atomic E-state index is 0.0908. The predicted octanol–water partition coefficient (Wildman–Crippen LogP) is 1.19. The van der Waals surface area contributed by atoms with Gasteiger partial charge in [0.2, 0.25) is 10.0 Å². The van der Waals surface area contributed by atoms with Crippen LogP contribution in [0.25, 0.3) is 0 Å². The molecule has 3 N–H and O–H groups in total. The first-order valence-corrected chi connectivity index (χ1v) is 9.27. The fourth-order valence-electron chi connectivity index (χ4n) is 2.39. The number of sulfonamides is 1. The predicted molar refractivity (Wildman–Crippen MR) is 85.5 cm³/mol. The molecule has 0 saturated carbocycles. The Kier molecular flexibility index (Phi) is 4.90. The van der Waals surface area contributed by atoms with Crippen molar-refractivity contribution in [3.63, 3.8) is 0 Å². The molecule has 1 aromatic carbocycles. The van der Waals surface area contributed by atoms with E-state index in [1.807, 2.05) is 0 Å². The molecule has 2 rings (SSSR count). The number of nitrogens with zero attached hydrogens (tertiary/aromatic N) is 1. The van der Waals surface area contributed by atoms with Crippen molar-refractivity contribution in [2.75, 3.05) is 25.1 Å². The lowest BCUT2D eigenvalue weighted by Crippen LogP contribution is -2.46. The summed E-state index contributed by atoms with van der Waals surface area (Å²) >= 11 is 3.33. The molecule has 116 valence electrons. The summed E-state index contributed by atoms with van der Waals surface area (Å²) in [5, 5.41) is 0. The zero-order valence-corrected chi connectivity index (χ0v) is 14.1. The summed E-state index contributed by atoms with van der Waals surface area (Å²) in [5.41, 5.74) is 6.84. The Morgan fingerprint density at radius 1 is 1.38 bits per heavy atom. The molecule has 1 aromatic rings. The minimum atomic E-state index is -3.20. The number of nitrogens with two attached hydrogens (primary N) is 1. The van der Waals surface area contributed by atoms with E-state index >= 15 is 0 Å². The van der Waals surface area contributed by atoms with Crippen molar-refractivity contribution in [3.8, 4) is 0 Å². The van der Waals surface area contributed by atoms with Crippen LogP contribution in [-0.4, -0.2) is 44.6 Å². The van der Waals surface area contributed by atoms with Gasteiger partial charge in [-0.1, -0.05) is 6.07 Å². The van der Waals surface area contributed by atoms with Crippen molar-refractivity contribution in [1.29, 1.82) is 0 Å². The van der Waals surface area contributed by atoms with E-state index < -0.39 is 10.0 Å².